The highest BCUT2D eigenvalue weighted by molar-refractivity contribution is 5.80. The summed E-state index contributed by atoms with van der Waals surface area (Å²) in [7, 11) is 2.16. The average molecular weight is 434 g/mol. The predicted octanol–water partition coefficient (Wildman–Crippen LogP) is 3.53. The molecular weight excluding hydrogens is 406 g/mol. The van der Waals surface area contributed by atoms with E-state index in [2.05, 4.69) is 16.8 Å². The van der Waals surface area contributed by atoms with Gasteiger partial charge < -0.3 is 4.90 Å². The zero-order chi connectivity index (χ0) is 22.2. The summed E-state index contributed by atoms with van der Waals surface area (Å²) in [5.41, 5.74) is 0.898. The Hall–Kier alpha value is -3.10. The second kappa shape index (κ2) is 8.44. The number of hydrogen-bond acceptors (Lipinski definition) is 6. The first kappa shape index (κ1) is 20.8. The Kier molecular flexibility index (Phi) is 5.48. The summed E-state index contributed by atoms with van der Waals surface area (Å²) < 4.78 is 1.67. The smallest absolute Gasteiger partial charge is 0.270 e. The molecule has 1 aromatic heterocycles. The van der Waals surface area contributed by atoms with E-state index in [9.17, 15) is 14.9 Å². The highest BCUT2D eigenvalue weighted by Gasteiger charge is 2.36. The third-order valence-corrected chi connectivity index (χ3v) is 6.85. The first-order valence-corrected chi connectivity index (χ1v) is 11.2. The van der Waals surface area contributed by atoms with Crippen LogP contribution in [0.25, 0.3) is 16.6 Å². The number of benzene rings is 2. The molecule has 3 heterocycles. The Balaban J connectivity index is 1.67. The fourth-order valence-corrected chi connectivity index (χ4v) is 5.18. The van der Waals surface area contributed by atoms with Crippen LogP contribution in [-0.4, -0.2) is 57.0 Å². The minimum Gasteiger partial charge on any atom is -0.306 e. The van der Waals surface area contributed by atoms with Crippen molar-refractivity contribution < 1.29 is 4.92 Å². The summed E-state index contributed by atoms with van der Waals surface area (Å²) in [5, 5.41) is 11.6. The summed E-state index contributed by atoms with van der Waals surface area (Å²) in [6, 6.07) is 14.4. The number of non-ortho nitro benzene ring substituents is 1. The van der Waals surface area contributed by atoms with E-state index in [1.807, 2.05) is 30.3 Å². The molecule has 8 heteroatoms. The SMILES string of the molecule is CN1CCC(N2CCC[C@@H]2c2nc3ccc([N+](=O)[O-])cc3c(=O)n2-c2ccccc2)CC1. The van der Waals surface area contributed by atoms with E-state index in [0.717, 1.165) is 56.8 Å². The number of nitro benzene ring substituents is 1. The molecule has 0 bridgehead atoms. The van der Waals surface area contributed by atoms with Crippen LogP contribution in [0, 0.1) is 10.1 Å². The Labute approximate surface area is 186 Å². The van der Waals surface area contributed by atoms with Crippen molar-refractivity contribution in [3.05, 3.63) is 74.8 Å². The number of nitrogens with zero attached hydrogens (tertiary/aromatic N) is 5. The molecule has 8 nitrogen and oxygen atoms in total. The van der Waals surface area contributed by atoms with Gasteiger partial charge in [-0.1, -0.05) is 18.2 Å². The third-order valence-electron chi connectivity index (χ3n) is 6.85. The van der Waals surface area contributed by atoms with Crippen LogP contribution in [0.3, 0.4) is 0 Å². The van der Waals surface area contributed by atoms with Crippen molar-refractivity contribution in [3.63, 3.8) is 0 Å². The van der Waals surface area contributed by atoms with Gasteiger partial charge in [-0.05, 0) is 70.6 Å². The second-order valence-corrected chi connectivity index (χ2v) is 8.83. The van der Waals surface area contributed by atoms with Gasteiger partial charge in [0.05, 0.1) is 27.6 Å². The van der Waals surface area contributed by atoms with Crippen LogP contribution in [0.5, 0.6) is 0 Å². The predicted molar refractivity (Wildman–Crippen MR) is 123 cm³/mol. The summed E-state index contributed by atoms with van der Waals surface area (Å²) in [4.78, 5) is 34.3. The number of likely N-dealkylation sites (tertiary alicyclic amines) is 2. The summed E-state index contributed by atoms with van der Waals surface area (Å²) in [6.45, 7) is 3.16. The van der Waals surface area contributed by atoms with Gasteiger partial charge >= 0.3 is 0 Å². The summed E-state index contributed by atoms with van der Waals surface area (Å²) in [5.74, 6) is 0.735. The largest absolute Gasteiger partial charge is 0.306 e. The topological polar surface area (TPSA) is 84.5 Å². The zero-order valence-electron chi connectivity index (χ0n) is 18.2. The van der Waals surface area contributed by atoms with Gasteiger partial charge in [0.25, 0.3) is 11.2 Å². The molecule has 2 aliphatic rings. The second-order valence-electron chi connectivity index (χ2n) is 8.83. The van der Waals surface area contributed by atoms with Gasteiger partial charge in [0, 0.05) is 18.2 Å². The molecule has 1 atom stereocenters. The molecule has 0 N–H and O–H groups in total. The standard InChI is InChI=1S/C24H27N5O3/c1-26-14-11-17(12-15-26)27-13-5-8-22(27)23-25-21-10-9-19(29(31)32)16-20(21)24(30)28(23)18-6-3-2-4-7-18/h2-4,6-7,9-10,16-17,22H,5,8,11-15H2,1H3/t22-/m1/s1. The first-order valence-electron chi connectivity index (χ1n) is 11.2. The van der Waals surface area contributed by atoms with Crippen LogP contribution >= 0.6 is 0 Å². The highest BCUT2D eigenvalue weighted by Crippen LogP contribution is 2.36. The minimum atomic E-state index is -0.474. The molecule has 5 rings (SSSR count). The molecule has 0 aliphatic carbocycles. The molecule has 32 heavy (non-hydrogen) atoms. The van der Waals surface area contributed by atoms with E-state index in [1.54, 1.807) is 10.6 Å². The monoisotopic (exact) mass is 433 g/mol. The van der Waals surface area contributed by atoms with Crippen LogP contribution < -0.4 is 5.56 Å². The molecule has 2 aliphatic heterocycles. The molecule has 2 fully saturated rings. The Morgan fingerprint density at radius 1 is 1.03 bits per heavy atom. The van der Waals surface area contributed by atoms with Crippen molar-refractivity contribution in [3.8, 4) is 5.69 Å². The van der Waals surface area contributed by atoms with Crippen molar-refractivity contribution in [2.45, 2.75) is 37.8 Å². The van der Waals surface area contributed by atoms with Crippen LogP contribution in [0.15, 0.2) is 53.3 Å². The molecule has 0 unspecified atom stereocenters. The fraction of sp³-hybridized carbons (Fsp3) is 0.417. The number of aromatic nitrogens is 2. The van der Waals surface area contributed by atoms with Gasteiger partial charge in [0.1, 0.15) is 5.82 Å². The van der Waals surface area contributed by atoms with Crippen molar-refractivity contribution in [2.75, 3.05) is 26.7 Å². The van der Waals surface area contributed by atoms with Gasteiger partial charge in [-0.25, -0.2) is 4.98 Å². The normalized spacial score (nSPS) is 20.7. The molecule has 166 valence electrons. The number of piperidine rings is 1. The highest BCUT2D eigenvalue weighted by atomic mass is 16.6. The van der Waals surface area contributed by atoms with Gasteiger partial charge in [0.15, 0.2) is 0 Å². The number of rotatable bonds is 4. The Morgan fingerprint density at radius 2 is 1.78 bits per heavy atom. The molecule has 0 radical (unpaired) electrons. The molecule has 2 saturated heterocycles. The van der Waals surface area contributed by atoms with Gasteiger partial charge in [-0.2, -0.15) is 0 Å². The fourth-order valence-electron chi connectivity index (χ4n) is 5.18. The lowest BCUT2D eigenvalue weighted by atomic mass is 10.0. The van der Waals surface area contributed by atoms with E-state index in [1.165, 1.54) is 12.1 Å². The zero-order valence-corrected chi connectivity index (χ0v) is 18.2. The number of fused-ring (bicyclic) bond motifs is 1. The quantitative estimate of drug-likeness (QED) is 0.462. The van der Waals surface area contributed by atoms with Crippen LogP contribution in [0.2, 0.25) is 0 Å². The summed E-state index contributed by atoms with van der Waals surface area (Å²) >= 11 is 0. The lowest BCUT2D eigenvalue weighted by Crippen LogP contribution is -2.44. The number of hydrogen-bond donors (Lipinski definition) is 0. The maximum absolute atomic E-state index is 13.7. The van der Waals surface area contributed by atoms with Crippen molar-refractivity contribution in [1.29, 1.82) is 0 Å². The van der Waals surface area contributed by atoms with Crippen molar-refractivity contribution >= 4 is 16.6 Å². The lowest BCUT2D eigenvalue weighted by molar-refractivity contribution is -0.384. The summed E-state index contributed by atoms with van der Waals surface area (Å²) in [6.07, 6.45) is 4.24. The molecule has 2 aromatic carbocycles. The van der Waals surface area contributed by atoms with E-state index < -0.39 is 4.92 Å². The van der Waals surface area contributed by atoms with E-state index in [4.69, 9.17) is 4.98 Å². The van der Waals surface area contributed by atoms with E-state index >= 15 is 0 Å². The van der Waals surface area contributed by atoms with E-state index in [-0.39, 0.29) is 22.7 Å². The average Bonchev–Trinajstić information content (AvgIpc) is 3.29. The minimum absolute atomic E-state index is 0.0518. The number of para-hydroxylation sites is 1. The molecule has 0 saturated carbocycles. The van der Waals surface area contributed by atoms with Crippen molar-refractivity contribution in [1.82, 2.24) is 19.4 Å². The van der Waals surface area contributed by atoms with Crippen LogP contribution in [-0.2, 0) is 0 Å². The maximum Gasteiger partial charge on any atom is 0.270 e. The molecular formula is C24H27N5O3. The van der Waals surface area contributed by atoms with Gasteiger partial charge in [0.2, 0.25) is 0 Å². The van der Waals surface area contributed by atoms with Crippen LogP contribution in [0.1, 0.15) is 37.5 Å². The van der Waals surface area contributed by atoms with E-state index in [0.29, 0.717) is 11.6 Å². The van der Waals surface area contributed by atoms with Crippen LogP contribution in [0.4, 0.5) is 5.69 Å². The van der Waals surface area contributed by atoms with Crippen molar-refractivity contribution in [2.24, 2.45) is 0 Å². The molecule has 0 spiro atoms. The lowest BCUT2D eigenvalue weighted by Gasteiger charge is -2.38. The Morgan fingerprint density at radius 3 is 2.50 bits per heavy atom. The maximum atomic E-state index is 13.7. The molecule has 3 aromatic rings. The first-order chi connectivity index (χ1) is 15.5. The molecule has 0 amide bonds. The third kappa shape index (κ3) is 3.69. The van der Waals surface area contributed by atoms with Gasteiger partial charge in [-0.3, -0.25) is 24.4 Å². The van der Waals surface area contributed by atoms with Gasteiger partial charge in [-0.15, -0.1) is 0 Å². The Bertz CT molecular complexity index is 1200. The number of nitro groups is 1.